The third kappa shape index (κ3) is 2.85. The van der Waals surface area contributed by atoms with Gasteiger partial charge in [0.1, 0.15) is 29.9 Å². The summed E-state index contributed by atoms with van der Waals surface area (Å²) in [5.41, 5.74) is 2.09. The molecule has 0 radical (unpaired) electrons. The molecule has 3 aliphatic carbocycles. The number of allylic oxidation sites excluding steroid dienone is 1. The van der Waals surface area contributed by atoms with Crippen LogP contribution in [0.1, 0.15) is 17.5 Å². The number of phenols is 1. The first kappa shape index (κ1) is 22.3. The van der Waals surface area contributed by atoms with Crippen LogP contribution in [0.5, 0.6) is 5.75 Å². The SMILES string of the molecule is CO/N=C1\C(O)=C(C(N)=O)C(=O)[C@@]2(O)C(=O)C3=C(O)c4c(O)ccc(N(C)C)c4CC3C[C@@H]12. The van der Waals surface area contributed by atoms with Gasteiger partial charge in [0.05, 0.1) is 11.5 Å². The molecule has 0 aromatic heterocycles. The molecule has 33 heavy (non-hydrogen) atoms. The third-order valence-corrected chi connectivity index (χ3v) is 6.53. The Bertz CT molecular complexity index is 1210. The van der Waals surface area contributed by atoms with Crippen LogP contribution in [0.2, 0.25) is 0 Å². The average Bonchev–Trinajstić information content (AvgIpc) is 2.73. The van der Waals surface area contributed by atoms with Gasteiger partial charge in [0, 0.05) is 25.4 Å². The lowest BCUT2D eigenvalue weighted by Crippen LogP contribution is -2.64. The molecule has 3 atom stereocenters. The molecule has 174 valence electrons. The van der Waals surface area contributed by atoms with Crippen molar-refractivity contribution in [3.63, 3.8) is 0 Å². The van der Waals surface area contributed by atoms with Crippen LogP contribution in [0.4, 0.5) is 5.69 Å². The van der Waals surface area contributed by atoms with E-state index in [0.29, 0.717) is 11.3 Å². The zero-order valence-corrected chi connectivity index (χ0v) is 18.1. The normalized spacial score (nSPS) is 27.8. The Morgan fingerprint density at radius 3 is 2.42 bits per heavy atom. The average molecular weight is 457 g/mol. The van der Waals surface area contributed by atoms with Gasteiger partial charge in [-0.2, -0.15) is 0 Å². The number of fused-ring (bicyclic) bond motifs is 3. The fraction of sp³-hybridized carbons (Fsp3) is 0.364. The predicted molar refractivity (Wildman–Crippen MR) is 116 cm³/mol. The topological polar surface area (TPSA) is 183 Å². The molecule has 0 bridgehead atoms. The van der Waals surface area contributed by atoms with Crippen molar-refractivity contribution in [1.82, 2.24) is 0 Å². The Balaban J connectivity index is 1.98. The van der Waals surface area contributed by atoms with Crippen LogP contribution in [0, 0.1) is 11.8 Å². The number of oxime groups is 1. The summed E-state index contributed by atoms with van der Waals surface area (Å²) >= 11 is 0. The number of ketones is 2. The molecule has 1 fully saturated rings. The van der Waals surface area contributed by atoms with Crippen molar-refractivity contribution in [1.29, 1.82) is 0 Å². The smallest absolute Gasteiger partial charge is 0.256 e. The van der Waals surface area contributed by atoms with E-state index in [1.54, 1.807) is 25.1 Å². The fourth-order valence-corrected chi connectivity index (χ4v) is 5.10. The molecule has 1 aromatic rings. The first-order valence-electron chi connectivity index (χ1n) is 10.1. The number of amides is 1. The van der Waals surface area contributed by atoms with Crippen molar-refractivity contribution >= 4 is 34.6 Å². The van der Waals surface area contributed by atoms with Crippen molar-refractivity contribution in [2.75, 3.05) is 26.1 Å². The summed E-state index contributed by atoms with van der Waals surface area (Å²) in [5.74, 6) is -7.63. The van der Waals surface area contributed by atoms with E-state index >= 15 is 0 Å². The van der Waals surface area contributed by atoms with Crippen molar-refractivity contribution in [2.24, 2.45) is 22.7 Å². The number of nitrogens with two attached hydrogens (primary N) is 1. The van der Waals surface area contributed by atoms with Crippen molar-refractivity contribution in [3.05, 3.63) is 40.2 Å². The summed E-state index contributed by atoms with van der Waals surface area (Å²) < 4.78 is 0. The molecule has 1 saturated carbocycles. The number of phenolic OH excluding ortho intramolecular Hbond substituents is 1. The van der Waals surface area contributed by atoms with Gasteiger partial charge in [-0.3, -0.25) is 14.4 Å². The number of aliphatic hydroxyl groups excluding tert-OH is 2. The number of carbonyl (C=O) groups excluding carboxylic acids is 3. The van der Waals surface area contributed by atoms with Crippen LogP contribution < -0.4 is 10.6 Å². The van der Waals surface area contributed by atoms with Crippen LogP contribution in [0.3, 0.4) is 0 Å². The van der Waals surface area contributed by atoms with Crippen LogP contribution in [-0.2, 0) is 25.6 Å². The van der Waals surface area contributed by atoms with Crippen LogP contribution >= 0.6 is 0 Å². The molecule has 0 heterocycles. The van der Waals surface area contributed by atoms with E-state index in [-0.39, 0.29) is 35.4 Å². The van der Waals surface area contributed by atoms with Gasteiger partial charge < -0.3 is 35.9 Å². The lowest BCUT2D eigenvalue weighted by atomic mass is 9.58. The molecule has 11 heteroatoms. The minimum absolute atomic E-state index is 0.0328. The second kappa shape index (κ2) is 7.34. The molecular formula is C22H23N3O8. The van der Waals surface area contributed by atoms with Gasteiger partial charge in [-0.1, -0.05) is 5.16 Å². The number of aromatic hydroxyl groups is 1. The van der Waals surface area contributed by atoms with Crippen LogP contribution in [0.25, 0.3) is 5.76 Å². The lowest BCUT2D eigenvalue weighted by Gasteiger charge is -2.45. The quantitative estimate of drug-likeness (QED) is 0.239. The van der Waals surface area contributed by atoms with E-state index in [9.17, 15) is 34.8 Å². The zero-order chi connectivity index (χ0) is 24.4. The van der Waals surface area contributed by atoms with Gasteiger partial charge >= 0.3 is 0 Å². The monoisotopic (exact) mass is 457 g/mol. The maximum absolute atomic E-state index is 13.6. The molecule has 3 aliphatic rings. The van der Waals surface area contributed by atoms with Gasteiger partial charge in [-0.05, 0) is 36.5 Å². The highest BCUT2D eigenvalue weighted by Gasteiger charge is 2.64. The number of nitrogens with zero attached hydrogens (tertiary/aromatic N) is 2. The molecule has 4 rings (SSSR count). The number of hydrogen-bond donors (Lipinski definition) is 5. The fourth-order valence-electron chi connectivity index (χ4n) is 5.10. The van der Waals surface area contributed by atoms with Crippen molar-refractivity contribution in [3.8, 4) is 5.75 Å². The molecule has 1 aromatic carbocycles. The Hall–Kier alpha value is -3.86. The van der Waals surface area contributed by atoms with Crippen molar-refractivity contribution < 1.29 is 39.6 Å². The maximum atomic E-state index is 13.6. The Labute approximate surface area is 188 Å². The molecule has 0 saturated heterocycles. The Morgan fingerprint density at radius 1 is 1.18 bits per heavy atom. The highest BCUT2D eigenvalue weighted by molar-refractivity contribution is 6.38. The molecule has 11 nitrogen and oxygen atoms in total. The highest BCUT2D eigenvalue weighted by atomic mass is 16.6. The highest BCUT2D eigenvalue weighted by Crippen LogP contribution is 2.51. The maximum Gasteiger partial charge on any atom is 0.256 e. The van der Waals surface area contributed by atoms with Crippen LogP contribution in [-0.4, -0.2) is 70.4 Å². The second-order valence-electron chi connectivity index (χ2n) is 8.48. The molecule has 0 spiro atoms. The molecule has 1 amide bonds. The first-order valence-corrected chi connectivity index (χ1v) is 10.1. The van der Waals surface area contributed by atoms with Gasteiger partial charge in [0.15, 0.2) is 11.4 Å². The van der Waals surface area contributed by atoms with Gasteiger partial charge in [-0.15, -0.1) is 0 Å². The summed E-state index contributed by atoms with van der Waals surface area (Å²) in [7, 11) is 4.72. The second-order valence-corrected chi connectivity index (χ2v) is 8.48. The molecular weight excluding hydrogens is 434 g/mol. The van der Waals surface area contributed by atoms with Gasteiger partial charge in [0.2, 0.25) is 11.6 Å². The Morgan fingerprint density at radius 2 is 1.85 bits per heavy atom. The van der Waals surface area contributed by atoms with Gasteiger partial charge in [0.25, 0.3) is 5.91 Å². The molecule has 6 N–H and O–H groups in total. The number of aliphatic hydroxyl groups is 3. The summed E-state index contributed by atoms with van der Waals surface area (Å²) in [6, 6.07) is 3.04. The van der Waals surface area contributed by atoms with Gasteiger partial charge in [-0.25, -0.2) is 0 Å². The van der Waals surface area contributed by atoms with E-state index in [1.165, 1.54) is 6.07 Å². The van der Waals surface area contributed by atoms with E-state index in [0.717, 1.165) is 7.11 Å². The lowest BCUT2D eigenvalue weighted by molar-refractivity contribution is -0.153. The van der Waals surface area contributed by atoms with E-state index in [2.05, 4.69) is 5.16 Å². The summed E-state index contributed by atoms with van der Waals surface area (Å²) in [5, 5.41) is 47.0. The largest absolute Gasteiger partial charge is 0.507 e. The third-order valence-electron chi connectivity index (χ3n) is 6.53. The number of hydrogen-bond acceptors (Lipinski definition) is 10. The standard InChI is InChI=1S/C22H23N3O8/c1-25(2)11-4-5-12(26)14-9(11)6-8-7-10-16(24-33-3)18(28)15(21(23)31)20(30)22(10,32)19(29)13(8)17(14)27/h4-5,8,10,26-28,32H,6-7H2,1-3H3,(H2,23,31)/b24-16-/t8?,10-,22-/m0/s1. The van der Waals surface area contributed by atoms with Crippen molar-refractivity contribution in [2.45, 2.75) is 18.4 Å². The predicted octanol–water partition coefficient (Wildman–Crippen LogP) is 0.102. The van der Waals surface area contributed by atoms with E-state index < -0.39 is 52.0 Å². The summed E-state index contributed by atoms with van der Waals surface area (Å²) in [4.78, 5) is 45.0. The summed E-state index contributed by atoms with van der Waals surface area (Å²) in [6.07, 6.45) is 0.101. The van der Waals surface area contributed by atoms with Crippen LogP contribution in [0.15, 0.2) is 34.2 Å². The van der Waals surface area contributed by atoms with E-state index in [1.807, 2.05) is 0 Å². The number of primary amides is 1. The number of Topliss-reactive ketones (excluding diaryl/α,β-unsaturated/α-hetero) is 2. The number of benzene rings is 1. The minimum Gasteiger partial charge on any atom is -0.507 e. The molecule has 1 unspecified atom stereocenters. The van der Waals surface area contributed by atoms with E-state index in [4.69, 9.17) is 10.6 Å². The Kier molecular flexibility index (Phi) is 4.97. The number of anilines is 1. The molecule has 0 aliphatic heterocycles. The summed E-state index contributed by atoms with van der Waals surface area (Å²) in [6.45, 7) is 0. The minimum atomic E-state index is -2.85. The number of carbonyl (C=O) groups is 3. The zero-order valence-electron chi connectivity index (χ0n) is 18.1. The number of rotatable bonds is 3. The first-order chi connectivity index (χ1) is 15.5.